The molecular weight excluding hydrogens is 304 g/mol. The summed E-state index contributed by atoms with van der Waals surface area (Å²) in [6.07, 6.45) is 0. The second kappa shape index (κ2) is 6.45. The van der Waals surface area contributed by atoms with Crippen LogP contribution in [0.25, 0.3) is 0 Å². The zero-order valence-electron chi connectivity index (χ0n) is 11.7. The molecule has 3 rings (SSSR count). The van der Waals surface area contributed by atoms with Gasteiger partial charge in [0.1, 0.15) is 6.54 Å². The van der Waals surface area contributed by atoms with E-state index in [2.05, 4.69) is 0 Å². The van der Waals surface area contributed by atoms with E-state index in [4.69, 9.17) is 15.2 Å². The fourth-order valence-electron chi connectivity index (χ4n) is 2.24. The fourth-order valence-corrected chi connectivity index (χ4v) is 3.42. The topological polar surface area (TPSA) is 92.2 Å². The Morgan fingerprint density at radius 2 is 2.00 bits per heavy atom. The summed E-state index contributed by atoms with van der Waals surface area (Å²) in [6.45, 7) is 0.194. The zero-order chi connectivity index (χ0) is 15.5. The van der Waals surface area contributed by atoms with Gasteiger partial charge >= 0.3 is 0 Å². The third-order valence-electron chi connectivity index (χ3n) is 3.32. The molecule has 0 amide bonds. The number of thioether (sulfide) groups is 1. The van der Waals surface area contributed by atoms with E-state index in [1.165, 1.54) is 11.8 Å². The summed E-state index contributed by atoms with van der Waals surface area (Å²) in [5.41, 5.74) is 7.47. The maximum atomic E-state index is 11.2. The number of quaternary nitrogens is 1. The van der Waals surface area contributed by atoms with Gasteiger partial charge in [0.15, 0.2) is 11.5 Å². The highest BCUT2D eigenvalue weighted by molar-refractivity contribution is 7.99. The standard InChI is InChI=1S/C15H16N2O4S/c16-11-3-1-2-4-14(11)22-15(8-17(18)19)10-5-6-12-13(7-10)21-9-20-12/h1-7,15,17-18H,8-9,16H2. The van der Waals surface area contributed by atoms with Crippen molar-refractivity contribution in [3.63, 3.8) is 0 Å². The lowest BCUT2D eigenvalue weighted by Crippen LogP contribution is -3.05. The van der Waals surface area contributed by atoms with E-state index in [0.29, 0.717) is 17.2 Å². The molecule has 0 radical (unpaired) electrons. The second-order valence-corrected chi connectivity index (χ2v) is 6.10. The average molecular weight is 320 g/mol. The highest BCUT2D eigenvalue weighted by Crippen LogP contribution is 2.41. The van der Waals surface area contributed by atoms with Crippen molar-refractivity contribution < 1.29 is 19.9 Å². The van der Waals surface area contributed by atoms with E-state index in [1.54, 1.807) is 12.1 Å². The van der Waals surface area contributed by atoms with Crippen molar-refractivity contribution in [2.45, 2.75) is 10.1 Å². The first-order valence-corrected chi connectivity index (χ1v) is 7.64. The molecule has 0 saturated carbocycles. The number of hydrogen-bond donors (Lipinski definition) is 3. The van der Waals surface area contributed by atoms with E-state index < -0.39 is 5.23 Å². The molecule has 7 heteroatoms. The number of anilines is 1. The Balaban J connectivity index is 1.88. The van der Waals surface area contributed by atoms with Crippen molar-refractivity contribution >= 4 is 17.4 Å². The molecule has 2 unspecified atom stereocenters. The first-order chi connectivity index (χ1) is 10.6. The van der Waals surface area contributed by atoms with Gasteiger partial charge in [0.05, 0.1) is 5.25 Å². The molecule has 6 nitrogen and oxygen atoms in total. The van der Waals surface area contributed by atoms with Crippen LogP contribution in [0.3, 0.4) is 0 Å². The molecule has 0 aromatic heterocycles. The number of hydroxylamine groups is 2. The Hall–Kier alpha value is -1.93. The minimum absolute atomic E-state index is 0.00134. The lowest BCUT2D eigenvalue weighted by atomic mass is 10.1. The highest BCUT2D eigenvalue weighted by Gasteiger charge is 2.21. The third kappa shape index (κ3) is 3.28. The summed E-state index contributed by atoms with van der Waals surface area (Å²) in [5, 5.41) is 19.3. The van der Waals surface area contributed by atoms with E-state index in [0.717, 1.165) is 10.5 Å². The van der Waals surface area contributed by atoms with Gasteiger partial charge in [-0.15, -0.1) is 11.8 Å². The molecular formula is C15H16N2O4S. The molecule has 1 heterocycles. The number of nitrogens with one attached hydrogen (secondary N) is 1. The van der Waals surface area contributed by atoms with Crippen molar-refractivity contribution in [3.8, 4) is 11.5 Å². The van der Waals surface area contributed by atoms with Gasteiger partial charge in [-0.05, 0) is 29.8 Å². The van der Waals surface area contributed by atoms with Crippen molar-refractivity contribution in [3.05, 3.63) is 53.2 Å². The van der Waals surface area contributed by atoms with Gasteiger partial charge in [0, 0.05) is 10.6 Å². The quantitative estimate of drug-likeness (QED) is 0.440. The van der Waals surface area contributed by atoms with Gasteiger partial charge < -0.3 is 20.4 Å². The molecule has 0 spiro atoms. The van der Waals surface area contributed by atoms with Crippen molar-refractivity contribution in [1.29, 1.82) is 0 Å². The van der Waals surface area contributed by atoms with Crippen LogP contribution in [0, 0.1) is 5.21 Å². The Labute approximate surface area is 132 Å². The summed E-state index contributed by atoms with van der Waals surface area (Å²) in [4.78, 5) is 0.867. The van der Waals surface area contributed by atoms with Gasteiger partial charge in [-0.1, -0.05) is 18.2 Å². The summed E-state index contributed by atoms with van der Waals surface area (Å²) < 4.78 is 10.7. The number of ether oxygens (including phenoxy) is 2. The molecule has 0 saturated heterocycles. The molecule has 2 atom stereocenters. The van der Waals surface area contributed by atoms with E-state index >= 15 is 0 Å². The number of benzene rings is 2. The molecule has 2 aromatic rings. The third-order valence-corrected chi connectivity index (χ3v) is 4.67. The summed E-state index contributed by atoms with van der Waals surface area (Å²) in [7, 11) is 0. The van der Waals surface area contributed by atoms with E-state index in [1.807, 2.05) is 30.3 Å². The minimum Gasteiger partial charge on any atom is -0.600 e. The van der Waals surface area contributed by atoms with Crippen LogP contribution in [0.5, 0.6) is 11.5 Å². The van der Waals surface area contributed by atoms with Gasteiger partial charge in [-0.3, -0.25) is 0 Å². The smallest absolute Gasteiger partial charge is 0.231 e. The van der Waals surface area contributed by atoms with Crippen LogP contribution < -0.4 is 20.4 Å². The molecule has 4 N–H and O–H groups in total. The summed E-state index contributed by atoms with van der Waals surface area (Å²) in [6, 6.07) is 12.9. The van der Waals surface area contributed by atoms with Crippen molar-refractivity contribution in [1.82, 2.24) is 0 Å². The summed E-state index contributed by atoms with van der Waals surface area (Å²) in [5.74, 6) is 1.33. The number of rotatable bonds is 5. The van der Waals surface area contributed by atoms with Crippen LogP contribution >= 0.6 is 11.8 Å². The molecule has 1 aliphatic rings. The molecule has 0 fully saturated rings. The fraction of sp³-hybridized carbons (Fsp3) is 0.200. The van der Waals surface area contributed by atoms with Crippen molar-refractivity contribution in [2.75, 3.05) is 19.1 Å². The van der Waals surface area contributed by atoms with Gasteiger partial charge in [-0.2, -0.15) is 0 Å². The molecule has 0 bridgehead atoms. The molecule has 2 aromatic carbocycles. The number of hydrogen-bond acceptors (Lipinski definition) is 6. The minimum atomic E-state index is -0.857. The molecule has 116 valence electrons. The molecule has 1 aliphatic heterocycles. The zero-order valence-corrected chi connectivity index (χ0v) is 12.5. The molecule has 22 heavy (non-hydrogen) atoms. The van der Waals surface area contributed by atoms with Crippen LogP contribution in [0.1, 0.15) is 10.8 Å². The maximum Gasteiger partial charge on any atom is 0.231 e. The molecule has 0 aliphatic carbocycles. The van der Waals surface area contributed by atoms with Crippen LogP contribution in [-0.4, -0.2) is 18.5 Å². The Morgan fingerprint density at radius 1 is 1.23 bits per heavy atom. The number of para-hydroxylation sites is 1. The first kappa shape index (κ1) is 15.0. The monoisotopic (exact) mass is 320 g/mol. The van der Waals surface area contributed by atoms with Gasteiger partial charge in [0.2, 0.25) is 6.79 Å². The van der Waals surface area contributed by atoms with Gasteiger partial charge in [0.25, 0.3) is 0 Å². The number of fused-ring (bicyclic) bond motifs is 1. The van der Waals surface area contributed by atoms with Crippen LogP contribution in [-0.2, 0) is 0 Å². The summed E-state index contributed by atoms with van der Waals surface area (Å²) >= 11 is 1.44. The lowest BCUT2D eigenvalue weighted by Gasteiger charge is -2.21. The average Bonchev–Trinajstić information content (AvgIpc) is 2.95. The Kier molecular flexibility index (Phi) is 4.39. The first-order valence-electron chi connectivity index (χ1n) is 6.76. The SMILES string of the molecule is Nc1ccccc1SC(C[NH+]([O-])O)c1ccc2c(c1)OCO2. The second-order valence-electron chi connectivity index (χ2n) is 4.85. The normalized spacial score (nSPS) is 15.5. The van der Waals surface area contributed by atoms with Crippen LogP contribution in [0.2, 0.25) is 0 Å². The largest absolute Gasteiger partial charge is 0.600 e. The number of nitrogen functional groups attached to an aromatic ring is 1. The maximum absolute atomic E-state index is 11.2. The number of nitrogens with two attached hydrogens (primary N) is 1. The Bertz CT molecular complexity index is 666. The van der Waals surface area contributed by atoms with E-state index in [-0.39, 0.29) is 18.6 Å². The van der Waals surface area contributed by atoms with Crippen LogP contribution in [0.4, 0.5) is 5.69 Å². The van der Waals surface area contributed by atoms with Gasteiger partial charge in [-0.25, -0.2) is 10.4 Å². The highest BCUT2D eigenvalue weighted by atomic mass is 32.2. The Morgan fingerprint density at radius 3 is 2.77 bits per heavy atom. The lowest BCUT2D eigenvalue weighted by molar-refractivity contribution is -1.05. The predicted molar refractivity (Wildman–Crippen MR) is 83.0 cm³/mol. The van der Waals surface area contributed by atoms with E-state index in [9.17, 15) is 10.4 Å². The van der Waals surface area contributed by atoms with Crippen molar-refractivity contribution in [2.24, 2.45) is 0 Å². The predicted octanol–water partition coefficient (Wildman–Crippen LogP) is 1.60. The van der Waals surface area contributed by atoms with Crippen LogP contribution in [0.15, 0.2) is 47.4 Å².